The van der Waals surface area contributed by atoms with Gasteiger partial charge in [-0.25, -0.2) is 4.98 Å². The monoisotopic (exact) mass is 622 g/mol. The van der Waals surface area contributed by atoms with Crippen LogP contribution in [0.2, 0.25) is 5.02 Å². The highest BCUT2D eigenvalue weighted by Crippen LogP contribution is 2.40. The summed E-state index contributed by atoms with van der Waals surface area (Å²) in [4.78, 5) is 31.7. The molecular formula is C27H29ClF6N4O4. The molecule has 2 amide bonds. The number of nitrogens with zero attached hydrogens (tertiary/aromatic N) is 2. The number of piperidine rings is 1. The minimum Gasteiger partial charge on any atom is -0.477 e. The predicted octanol–water partition coefficient (Wildman–Crippen LogP) is 4.88. The number of rotatable bonds is 8. The maximum Gasteiger partial charge on any atom is 0.420 e. The van der Waals surface area contributed by atoms with Gasteiger partial charge in [0.2, 0.25) is 0 Å². The maximum atomic E-state index is 13.5. The number of halogens is 7. The van der Waals surface area contributed by atoms with Crippen LogP contribution in [0.3, 0.4) is 0 Å². The van der Waals surface area contributed by atoms with Crippen LogP contribution in [0.15, 0.2) is 36.5 Å². The summed E-state index contributed by atoms with van der Waals surface area (Å²) < 4.78 is 83.4. The van der Waals surface area contributed by atoms with E-state index in [2.05, 4.69) is 15.2 Å². The first-order chi connectivity index (χ1) is 19.5. The van der Waals surface area contributed by atoms with E-state index in [0.29, 0.717) is 18.7 Å². The van der Waals surface area contributed by atoms with Crippen LogP contribution in [0.5, 0.6) is 5.75 Å². The lowest BCUT2D eigenvalue weighted by molar-refractivity contribution is -0.201. The quantitative estimate of drug-likeness (QED) is 0.363. The fourth-order valence-corrected chi connectivity index (χ4v) is 5.41. The average Bonchev–Trinajstić information content (AvgIpc) is 3.16. The SMILES string of the molecule is CC(C)(Oc1ccc(Cl)cc1C(F)(F)F)C(=O)N[C@H]1C[C@H]2CC[C@@H](C1)N2c1ccc(C(=O)NCC(O)C(F)(F)F)cn1. The van der Waals surface area contributed by atoms with Gasteiger partial charge in [0.1, 0.15) is 11.6 Å². The van der Waals surface area contributed by atoms with Gasteiger partial charge in [-0.2, -0.15) is 26.3 Å². The van der Waals surface area contributed by atoms with Gasteiger partial charge < -0.3 is 25.4 Å². The minimum absolute atomic E-state index is 0.0136. The second-order valence-electron chi connectivity index (χ2n) is 10.9. The number of fused-ring (bicyclic) bond motifs is 2. The van der Waals surface area contributed by atoms with Crippen molar-refractivity contribution < 1.29 is 45.8 Å². The number of carbonyl (C=O) groups is 2. The molecule has 0 saturated carbocycles. The second kappa shape index (κ2) is 11.8. The molecule has 1 aromatic carbocycles. The van der Waals surface area contributed by atoms with Crippen LogP contribution in [-0.2, 0) is 11.0 Å². The van der Waals surface area contributed by atoms with Crippen molar-refractivity contribution in [2.45, 2.75) is 81.7 Å². The van der Waals surface area contributed by atoms with Crippen LogP contribution in [0.25, 0.3) is 0 Å². The number of pyridine rings is 1. The van der Waals surface area contributed by atoms with E-state index in [0.717, 1.165) is 25.0 Å². The zero-order valence-electron chi connectivity index (χ0n) is 22.5. The molecule has 3 heterocycles. The Hall–Kier alpha value is -3.26. The lowest BCUT2D eigenvalue weighted by Gasteiger charge is -2.41. The van der Waals surface area contributed by atoms with E-state index in [4.69, 9.17) is 21.4 Å². The average molecular weight is 623 g/mol. The van der Waals surface area contributed by atoms with Crippen molar-refractivity contribution in [1.82, 2.24) is 15.6 Å². The maximum absolute atomic E-state index is 13.5. The largest absolute Gasteiger partial charge is 0.477 e. The first kappa shape index (κ1) is 31.7. The van der Waals surface area contributed by atoms with Crippen molar-refractivity contribution >= 4 is 29.2 Å². The topological polar surface area (TPSA) is 104 Å². The minimum atomic E-state index is -4.85. The molecule has 2 fully saturated rings. The Morgan fingerprint density at radius 2 is 1.74 bits per heavy atom. The Bertz CT molecular complexity index is 1290. The first-order valence-corrected chi connectivity index (χ1v) is 13.5. The number of anilines is 1. The molecule has 8 nitrogen and oxygen atoms in total. The van der Waals surface area contributed by atoms with Gasteiger partial charge in [0.25, 0.3) is 11.8 Å². The number of hydrogen-bond acceptors (Lipinski definition) is 6. The van der Waals surface area contributed by atoms with Crippen LogP contribution in [0.1, 0.15) is 55.5 Å². The number of hydrogen-bond donors (Lipinski definition) is 3. The molecule has 1 aromatic heterocycles. The summed E-state index contributed by atoms with van der Waals surface area (Å²) in [5, 5.41) is 13.9. The van der Waals surface area contributed by atoms with Crippen LogP contribution >= 0.6 is 11.6 Å². The van der Waals surface area contributed by atoms with Gasteiger partial charge in [-0.15, -0.1) is 0 Å². The molecule has 42 heavy (non-hydrogen) atoms. The predicted molar refractivity (Wildman–Crippen MR) is 140 cm³/mol. The summed E-state index contributed by atoms with van der Waals surface area (Å²) in [5.74, 6) is -1.34. The highest BCUT2D eigenvalue weighted by molar-refractivity contribution is 6.30. The van der Waals surface area contributed by atoms with E-state index in [9.17, 15) is 35.9 Å². The molecule has 2 aliphatic heterocycles. The Labute approximate surface area is 242 Å². The number of aliphatic hydroxyl groups excluding tert-OH is 1. The molecule has 2 saturated heterocycles. The van der Waals surface area contributed by atoms with Crippen LogP contribution in [0.4, 0.5) is 32.2 Å². The third kappa shape index (κ3) is 7.20. The van der Waals surface area contributed by atoms with Crippen molar-refractivity contribution in [2.75, 3.05) is 11.4 Å². The summed E-state index contributed by atoms with van der Waals surface area (Å²) >= 11 is 5.73. The van der Waals surface area contributed by atoms with E-state index < -0.39 is 53.7 Å². The van der Waals surface area contributed by atoms with Crippen molar-refractivity contribution in [3.05, 3.63) is 52.7 Å². The number of benzene rings is 1. The third-order valence-electron chi connectivity index (χ3n) is 7.34. The summed E-state index contributed by atoms with van der Waals surface area (Å²) in [6, 6.07) is 5.78. The van der Waals surface area contributed by atoms with Crippen molar-refractivity contribution in [3.8, 4) is 5.75 Å². The fraction of sp³-hybridized carbons (Fsp3) is 0.519. The molecule has 3 N–H and O–H groups in total. The molecule has 0 aliphatic carbocycles. The van der Waals surface area contributed by atoms with Crippen molar-refractivity contribution in [2.24, 2.45) is 0 Å². The van der Waals surface area contributed by atoms with E-state index in [1.807, 2.05) is 5.32 Å². The lowest BCUT2D eigenvalue weighted by atomic mass is 9.96. The van der Waals surface area contributed by atoms with E-state index in [1.165, 1.54) is 32.2 Å². The molecule has 1 unspecified atom stereocenters. The molecule has 2 aliphatic rings. The number of amides is 2. The summed E-state index contributed by atoms with van der Waals surface area (Å²) in [7, 11) is 0. The Morgan fingerprint density at radius 1 is 1.10 bits per heavy atom. The number of carbonyl (C=O) groups excluding carboxylic acids is 2. The van der Waals surface area contributed by atoms with Gasteiger partial charge >= 0.3 is 12.4 Å². The summed E-state index contributed by atoms with van der Waals surface area (Å²) in [6.07, 6.45) is -8.35. The zero-order chi connectivity index (χ0) is 31.0. The van der Waals surface area contributed by atoms with E-state index in [1.54, 1.807) is 6.07 Å². The lowest BCUT2D eigenvalue weighted by Crippen LogP contribution is -2.55. The van der Waals surface area contributed by atoms with Crippen LogP contribution in [0, 0.1) is 0 Å². The highest BCUT2D eigenvalue weighted by atomic mass is 35.5. The molecule has 0 spiro atoms. The number of alkyl halides is 6. The number of ether oxygens (including phenoxy) is 1. The van der Waals surface area contributed by atoms with Gasteiger partial charge in [-0.1, -0.05) is 11.6 Å². The molecule has 2 bridgehead atoms. The first-order valence-electron chi connectivity index (χ1n) is 13.1. The highest BCUT2D eigenvalue weighted by Gasteiger charge is 2.44. The van der Waals surface area contributed by atoms with Crippen LogP contribution in [-0.4, -0.2) is 64.5 Å². The Kier molecular flexibility index (Phi) is 8.89. The van der Waals surface area contributed by atoms with Crippen molar-refractivity contribution in [1.29, 1.82) is 0 Å². The van der Waals surface area contributed by atoms with Gasteiger partial charge in [-0.3, -0.25) is 9.59 Å². The summed E-state index contributed by atoms with van der Waals surface area (Å²) in [5.41, 5.74) is -2.69. The van der Waals surface area contributed by atoms with E-state index >= 15 is 0 Å². The molecular weight excluding hydrogens is 594 g/mol. The van der Waals surface area contributed by atoms with Gasteiger partial charge in [0.05, 0.1) is 17.7 Å². The summed E-state index contributed by atoms with van der Waals surface area (Å²) in [6.45, 7) is 1.77. The molecule has 15 heteroatoms. The molecule has 4 atom stereocenters. The normalized spacial score (nSPS) is 21.6. The smallest absolute Gasteiger partial charge is 0.420 e. The Morgan fingerprint density at radius 3 is 2.29 bits per heavy atom. The van der Waals surface area contributed by atoms with Crippen molar-refractivity contribution in [3.63, 3.8) is 0 Å². The zero-order valence-corrected chi connectivity index (χ0v) is 23.3. The van der Waals surface area contributed by atoms with Gasteiger partial charge in [0, 0.05) is 29.3 Å². The number of nitrogens with one attached hydrogen (secondary N) is 2. The molecule has 2 aromatic rings. The number of aromatic nitrogens is 1. The Balaban J connectivity index is 1.36. The molecule has 4 rings (SSSR count). The van der Waals surface area contributed by atoms with Crippen LogP contribution < -0.4 is 20.3 Å². The second-order valence-corrected chi connectivity index (χ2v) is 11.3. The van der Waals surface area contributed by atoms with E-state index in [-0.39, 0.29) is 28.7 Å². The fourth-order valence-electron chi connectivity index (χ4n) is 5.24. The number of aliphatic hydroxyl groups is 1. The van der Waals surface area contributed by atoms with Gasteiger partial charge in [-0.05, 0) is 69.9 Å². The standard InChI is InChI=1S/C27H29ClF6N4O4/c1-25(2,42-20-7-4-15(28)9-19(20)26(29,30)31)24(41)37-16-10-17-5-6-18(11-16)38(17)22-8-3-14(12-35-22)23(40)36-13-21(39)27(32,33)34/h3-4,7-9,12,16-18,21,39H,5-6,10-11,13H2,1-2H3,(H,36,40)(H,37,41)/t16-,17+,18-,21?. The third-order valence-corrected chi connectivity index (χ3v) is 7.57. The molecule has 0 radical (unpaired) electrons. The molecule has 230 valence electrons. The van der Waals surface area contributed by atoms with Gasteiger partial charge in [0.15, 0.2) is 11.7 Å².